The standard InChI is InChI=1S/C17H20N6O2/c1-11-15(17-20-16(21-25-17)12-2-3-12)22(6-7-24-11)10-13-8-19-14-9-18-4-5-23(13)14/h4-5,8-9,11-12,15H,2-3,6-7,10H2,1H3/t11-,15+/m1/s1. The average Bonchev–Trinajstić information content (AvgIpc) is 3.23. The molecule has 3 aromatic rings. The third kappa shape index (κ3) is 2.71. The van der Waals surface area contributed by atoms with E-state index in [1.807, 2.05) is 12.4 Å². The van der Waals surface area contributed by atoms with Crippen LogP contribution in [-0.4, -0.2) is 48.7 Å². The second-order valence-corrected chi connectivity index (χ2v) is 6.81. The first kappa shape index (κ1) is 15.0. The van der Waals surface area contributed by atoms with Crippen molar-refractivity contribution < 1.29 is 9.26 Å². The monoisotopic (exact) mass is 340 g/mol. The van der Waals surface area contributed by atoms with Crippen molar-refractivity contribution in [2.75, 3.05) is 13.2 Å². The van der Waals surface area contributed by atoms with E-state index in [1.54, 1.807) is 12.4 Å². The molecule has 8 nitrogen and oxygen atoms in total. The van der Waals surface area contributed by atoms with Gasteiger partial charge in [-0.05, 0) is 19.8 Å². The van der Waals surface area contributed by atoms with E-state index in [0.717, 1.165) is 43.1 Å². The second kappa shape index (κ2) is 5.89. The van der Waals surface area contributed by atoms with E-state index in [-0.39, 0.29) is 12.1 Å². The lowest BCUT2D eigenvalue weighted by atomic mass is 10.1. The summed E-state index contributed by atoms with van der Waals surface area (Å²) in [6.45, 7) is 4.31. The Balaban J connectivity index is 1.44. The minimum Gasteiger partial charge on any atom is -0.375 e. The molecule has 1 saturated carbocycles. The van der Waals surface area contributed by atoms with Crippen molar-refractivity contribution in [1.82, 2.24) is 29.4 Å². The van der Waals surface area contributed by atoms with Crippen molar-refractivity contribution in [3.63, 3.8) is 0 Å². The lowest BCUT2D eigenvalue weighted by Crippen LogP contribution is -2.44. The highest BCUT2D eigenvalue weighted by molar-refractivity contribution is 5.36. The third-order valence-electron chi connectivity index (χ3n) is 5.01. The topological polar surface area (TPSA) is 81.6 Å². The molecular formula is C17H20N6O2. The number of ether oxygens (including phenoxy) is 1. The summed E-state index contributed by atoms with van der Waals surface area (Å²) in [5.74, 6) is 1.98. The Morgan fingerprint density at radius 2 is 2.20 bits per heavy atom. The van der Waals surface area contributed by atoms with E-state index >= 15 is 0 Å². The predicted molar refractivity (Wildman–Crippen MR) is 87.8 cm³/mol. The molecule has 0 radical (unpaired) electrons. The normalized spacial score (nSPS) is 24.8. The van der Waals surface area contributed by atoms with Crippen LogP contribution in [0, 0.1) is 0 Å². The number of imidazole rings is 1. The molecule has 2 aliphatic rings. The minimum atomic E-state index is -0.0406. The van der Waals surface area contributed by atoms with Crippen LogP contribution >= 0.6 is 0 Å². The molecule has 25 heavy (non-hydrogen) atoms. The molecule has 5 rings (SSSR count). The maximum atomic E-state index is 5.87. The molecule has 0 N–H and O–H groups in total. The van der Waals surface area contributed by atoms with Gasteiger partial charge in [0.05, 0.1) is 30.8 Å². The Hall–Kier alpha value is -2.32. The molecule has 2 atom stereocenters. The highest BCUT2D eigenvalue weighted by atomic mass is 16.5. The lowest BCUT2D eigenvalue weighted by molar-refractivity contribution is -0.0767. The van der Waals surface area contributed by atoms with Crippen LogP contribution < -0.4 is 0 Å². The van der Waals surface area contributed by atoms with Crippen LogP contribution in [0.4, 0.5) is 0 Å². The first-order valence-electron chi connectivity index (χ1n) is 8.74. The molecule has 130 valence electrons. The van der Waals surface area contributed by atoms with E-state index in [4.69, 9.17) is 9.26 Å². The number of morpholine rings is 1. The Labute approximate surface area is 144 Å². The second-order valence-electron chi connectivity index (χ2n) is 6.81. The number of nitrogens with zero attached hydrogens (tertiary/aromatic N) is 6. The van der Waals surface area contributed by atoms with E-state index in [1.165, 1.54) is 0 Å². The van der Waals surface area contributed by atoms with Crippen LogP contribution in [0.2, 0.25) is 0 Å². The minimum absolute atomic E-state index is 0.00195. The summed E-state index contributed by atoms with van der Waals surface area (Å²) in [5.41, 5.74) is 1.96. The molecule has 3 aromatic heterocycles. The van der Waals surface area contributed by atoms with Crippen LogP contribution in [0.5, 0.6) is 0 Å². The van der Waals surface area contributed by atoms with Gasteiger partial charge >= 0.3 is 0 Å². The van der Waals surface area contributed by atoms with Crippen LogP contribution in [0.25, 0.3) is 5.65 Å². The van der Waals surface area contributed by atoms with Gasteiger partial charge in [0, 0.05) is 31.4 Å². The number of fused-ring (bicyclic) bond motifs is 1. The maximum absolute atomic E-state index is 5.87. The Morgan fingerprint density at radius 1 is 1.28 bits per heavy atom. The van der Waals surface area contributed by atoms with E-state index in [0.29, 0.717) is 18.4 Å². The van der Waals surface area contributed by atoms with Crippen molar-refractivity contribution in [2.45, 2.75) is 44.4 Å². The van der Waals surface area contributed by atoms with Gasteiger partial charge in [-0.2, -0.15) is 4.98 Å². The highest BCUT2D eigenvalue weighted by Crippen LogP contribution is 2.39. The van der Waals surface area contributed by atoms with Gasteiger partial charge in [-0.15, -0.1) is 0 Å². The zero-order valence-electron chi connectivity index (χ0n) is 14.1. The van der Waals surface area contributed by atoms with Crippen LogP contribution in [0.15, 0.2) is 29.3 Å². The van der Waals surface area contributed by atoms with Crippen molar-refractivity contribution >= 4 is 5.65 Å². The molecule has 0 bridgehead atoms. The quantitative estimate of drug-likeness (QED) is 0.718. The predicted octanol–water partition coefficient (Wildman–Crippen LogP) is 1.95. The Kier molecular flexibility index (Phi) is 3.53. The fourth-order valence-electron chi connectivity index (χ4n) is 3.51. The summed E-state index contributed by atoms with van der Waals surface area (Å²) in [7, 11) is 0. The zero-order chi connectivity index (χ0) is 16.8. The maximum Gasteiger partial charge on any atom is 0.246 e. The van der Waals surface area contributed by atoms with Gasteiger partial charge in [-0.25, -0.2) is 4.98 Å². The average molecular weight is 340 g/mol. The van der Waals surface area contributed by atoms with Crippen molar-refractivity contribution in [3.05, 3.63) is 42.2 Å². The van der Waals surface area contributed by atoms with E-state index in [2.05, 4.69) is 36.3 Å². The Bertz CT molecular complexity index is 886. The third-order valence-corrected chi connectivity index (χ3v) is 5.01. The summed E-state index contributed by atoms with van der Waals surface area (Å²) >= 11 is 0. The molecule has 4 heterocycles. The van der Waals surface area contributed by atoms with Crippen molar-refractivity contribution in [1.29, 1.82) is 0 Å². The number of aromatic nitrogens is 5. The number of hydrogen-bond donors (Lipinski definition) is 0. The SMILES string of the molecule is C[C@H]1OCCN(Cc2cnc3cnccn23)[C@@H]1c1nc(C2CC2)no1. The Morgan fingerprint density at radius 3 is 3.08 bits per heavy atom. The molecule has 1 saturated heterocycles. The largest absolute Gasteiger partial charge is 0.375 e. The van der Waals surface area contributed by atoms with Gasteiger partial charge in [-0.3, -0.25) is 14.3 Å². The highest BCUT2D eigenvalue weighted by Gasteiger charge is 2.37. The molecule has 8 heteroatoms. The molecule has 1 aliphatic heterocycles. The van der Waals surface area contributed by atoms with E-state index < -0.39 is 0 Å². The molecule has 0 unspecified atom stereocenters. The summed E-state index contributed by atoms with van der Waals surface area (Å²) in [6.07, 6.45) is 9.71. The first-order chi connectivity index (χ1) is 12.3. The smallest absolute Gasteiger partial charge is 0.246 e. The van der Waals surface area contributed by atoms with Gasteiger partial charge in [0.2, 0.25) is 5.89 Å². The van der Waals surface area contributed by atoms with Gasteiger partial charge in [0.15, 0.2) is 11.5 Å². The number of rotatable bonds is 4. The molecular weight excluding hydrogens is 320 g/mol. The lowest BCUT2D eigenvalue weighted by Gasteiger charge is -2.37. The molecule has 0 spiro atoms. The van der Waals surface area contributed by atoms with E-state index in [9.17, 15) is 0 Å². The molecule has 0 aromatic carbocycles. The number of hydrogen-bond acceptors (Lipinski definition) is 7. The summed E-state index contributed by atoms with van der Waals surface area (Å²) in [4.78, 5) is 15.5. The van der Waals surface area contributed by atoms with Crippen LogP contribution in [-0.2, 0) is 11.3 Å². The fraction of sp³-hybridized carbons (Fsp3) is 0.529. The summed E-state index contributed by atoms with van der Waals surface area (Å²) in [5, 5.41) is 4.18. The molecule has 0 amide bonds. The van der Waals surface area contributed by atoms with Crippen molar-refractivity contribution in [3.8, 4) is 0 Å². The zero-order valence-corrected chi connectivity index (χ0v) is 14.1. The molecule has 1 aliphatic carbocycles. The van der Waals surface area contributed by atoms with Crippen LogP contribution in [0.3, 0.4) is 0 Å². The van der Waals surface area contributed by atoms with Crippen LogP contribution in [0.1, 0.15) is 49.1 Å². The van der Waals surface area contributed by atoms with Gasteiger partial charge in [0.1, 0.15) is 6.04 Å². The summed E-state index contributed by atoms with van der Waals surface area (Å²) in [6, 6.07) is -0.0406. The van der Waals surface area contributed by atoms with Crippen molar-refractivity contribution in [2.24, 2.45) is 0 Å². The van der Waals surface area contributed by atoms with Gasteiger partial charge < -0.3 is 9.26 Å². The molecule has 2 fully saturated rings. The summed E-state index contributed by atoms with van der Waals surface area (Å²) < 4.78 is 13.5. The fourth-order valence-corrected chi connectivity index (χ4v) is 3.51. The van der Waals surface area contributed by atoms with Gasteiger partial charge in [0.25, 0.3) is 0 Å². The first-order valence-corrected chi connectivity index (χ1v) is 8.74. The van der Waals surface area contributed by atoms with Gasteiger partial charge in [-0.1, -0.05) is 5.16 Å².